The lowest BCUT2D eigenvalue weighted by Crippen LogP contribution is -1.93. The largest absolute Gasteiger partial charge is 0.434 e. The summed E-state index contributed by atoms with van der Waals surface area (Å²) in [6.45, 7) is 0. The molecule has 4 nitrogen and oxygen atoms in total. The topological polar surface area (TPSA) is 43.6 Å². The monoisotopic (exact) mass is 340 g/mol. The molecule has 0 atom stereocenters. The van der Waals surface area contributed by atoms with Gasteiger partial charge in [0, 0.05) is 16.0 Å². The van der Waals surface area contributed by atoms with E-state index in [0.717, 1.165) is 0 Å². The second-order valence-corrected chi connectivity index (χ2v) is 5.44. The highest BCUT2D eigenvalue weighted by molar-refractivity contribution is 9.10. The van der Waals surface area contributed by atoms with Crippen molar-refractivity contribution < 1.29 is 13.9 Å². The van der Waals surface area contributed by atoms with Gasteiger partial charge in [0.2, 0.25) is 5.88 Å². The van der Waals surface area contributed by atoms with E-state index in [1.807, 2.05) is 0 Å². The van der Waals surface area contributed by atoms with Gasteiger partial charge >= 0.3 is 0 Å². The zero-order valence-corrected chi connectivity index (χ0v) is 11.7. The number of benzene rings is 1. The van der Waals surface area contributed by atoms with Crippen LogP contribution < -0.4 is 4.74 Å². The van der Waals surface area contributed by atoms with Crippen molar-refractivity contribution in [1.29, 1.82) is 0 Å². The van der Waals surface area contributed by atoms with E-state index in [-0.39, 0.29) is 17.3 Å². The van der Waals surface area contributed by atoms with E-state index in [0.29, 0.717) is 15.7 Å². The number of aromatic nitrogens is 2. The molecule has 2 heterocycles. The Labute approximate surface area is 119 Å². The van der Waals surface area contributed by atoms with Crippen LogP contribution in [0, 0.1) is 5.82 Å². The molecule has 1 aromatic carbocycles. The quantitative estimate of drug-likeness (QED) is 0.679. The van der Waals surface area contributed by atoms with Crippen LogP contribution in [0.5, 0.6) is 11.6 Å². The molecule has 7 heteroatoms. The van der Waals surface area contributed by atoms with Crippen molar-refractivity contribution in [3.8, 4) is 11.6 Å². The third-order valence-electron chi connectivity index (χ3n) is 2.48. The third-order valence-corrected chi connectivity index (χ3v) is 3.73. The molecule has 0 bridgehead atoms. The summed E-state index contributed by atoms with van der Waals surface area (Å²) < 4.78 is 21.3. The van der Waals surface area contributed by atoms with Crippen LogP contribution in [0.4, 0.5) is 4.39 Å². The van der Waals surface area contributed by atoms with Crippen molar-refractivity contribution in [3.63, 3.8) is 0 Å². The molecule has 0 aliphatic carbocycles. The van der Waals surface area contributed by atoms with Gasteiger partial charge in [-0.25, -0.2) is 4.39 Å². The molecule has 96 valence electrons. The van der Waals surface area contributed by atoms with Gasteiger partial charge in [-0.3, -0.25) is 9.20 Å². The average molecular weight is 341 g/mol. The molecule has 0 N–H and O–H groups in total. The Hall–Kier alpha value is -1.73. The molecule has 0 saturated carbocycles. The molecule has 0 aliphatic rings. The SMILES string of the molecule is O=Cc1c(Oc2ccc(Br)cc2F)nc2sccn12. The lowest BCUT2D eigenvalue weighted by Gasteiger charge is -2.04. The van der Waals surface area contributed by atoms with Crippen LogP contribution in [-0.2, 0) is 0 Å². The van der Waals surface area contributed by atoms with E-state index in [1.165, 1.54) is 23.5 Å². The van der Waals surface area contributed by atoms with Crippen molar-refractivity contribution in [2.75, 3.05) is 0 Å². The van der Waals surface area contributed by atoms with Gasteiger partial charge < -0.3 is 4.74 Å². The molecular formula is C12H6BrFN2O2S. The molecule has 0 aliphatic heterocycles. The highest BCUT2D eigenvalue weighted by atomic mass is 79.9. The van der Waals surface area contributed by atoms with Crippen molar-refractivity contribution in [1.82, 2.24) is 9.38 Å². The molecular weight excluding hydrogens is 335 g/mol. The zero-order valence-electron chi connectivity index (χ0n) is 9.34. The summed E-state index contributed by atoms with van der Waals surface area (Å²) in [5.74, 6) is -0.400. The first-order valence-corrected chi connectivity index (χ1v) is 6.90. The number of rotatable bonds is 3. The summed E-state index contributed by atoms with van der Waals surface area (Å²) in [4.78, 5) is 15.9. The molecule has 3 rings (SSSR count). The van der Waals surface area contributed by atoms with Crippen molar-refractivity contribution in [3.05, 3.63) is 45.8 Å². The van der Waals surface area contributed by atoms with Crippen LogP contribution in [0.3, 0.4) is 0 Å². The number of halogens is 2. The summed E-state index contributed by atoms with van der Waals surface area (Å²) in [5, 5.41) is 1.80. The predicted molar refractivity (Wildman–Crippen MR) is 72.6 cm³/mol. The van der Waals surface area contributed by atoms with Gasteiger partial charge in [-0.05, 0) is 18.2 Å². The smallest absolute Gasteiger partial charge is 0.250 e. The number of aldehydes is 1. The number of thiazole rings is 1. The summed E-state index contributed by atoms with van der Waals surface area (Å²) in [6.07, 6.45) is 2.35. The zero-order chi connectivity index (χ0) is 13.4. The van der Waals surface area contributed by atoms with Crippen LogP contribution in [0.15, 0.2) is 34.2 Å². The van der Waals surface area contributed by atoms with E-state index < -0.39 is 5.82 Å². The third kappa shape index (κ3) is 2.15. The molecule has 0 radical (unpaired) electrons. The van der Waals surface area contributed by atoms with Crippen molar-refractivity contribution in [2.45, 2.75) is 0 Å². The molecule has 0 unspecified atom stereocenters. The first-order chi connectivity index (χ1) is 9.19. The fourth-order valence-corrected chi connectivity index (χ4v) is 2.67. The van der Waals surface area contributed by atoms with Crippen LogP contribution >= 0.6 is 27.3 Å². The number of imidazole rings is 1. The van der Waals surface area contributed by atoms with Crippen LogP contribution in [0.1, 0.15) is 10.5 Å². The standard InChI is InChI=1S/C12H6BrFN2O2S/c13-7-1-2-10(8(14)5-7)18-11-9(6-17)16-3-4-19-12(16)15-11/h1-6H. The highest BCUT2D eigenvalue weighted by Crippen LogP contribution is 2.29. The minimum Gasteiger partial charge on any atom is -0.434 e. The van der Waals surface area contributed by atoms with Gasteiger partial charge in [-0.2, -0.15) is 4.98 Å². The lowest BCUT2D eigenvalue weighted by molar-refractivity contribution is 0.111. The Morgan fingerprint density at radius 2 is 2.32 bits per heavy atom. The van der Waals surface area contributed by atoms with E-state index in [2.05, 4.69) is 20.9 Å². The average Bonchev–Trinajstić information content (AvgIpc) is 2.92. The maximum absolute atomic E-state index is 13.7. The molecule has 0 saturated heterocycles. The molecule has 0 spiro atoms. The van der Waals surface area contributed by atoms with Gasteiger partial charge in [0.1, 0.15) is 0 Å². The molecule has 0 amide bonds. The number of hydrogen-bond donors (Lipinski definition) is 0. The summed E-state index contributed by atoms with van der Waals surface area (Å²) in [5.41, 5.74) is 0.263. The van der Waals surface area contributed by atoms with Crippen LogP contribution in [0.2, 0.25) is 0 Å². The normalized spacial score (nSPS) is 10.8. The van der Waals surface area contributed by atoms with Crippen LogP contribution in [-0.4, -0.2) is 15.7 Å². The van der Waals surface area contributed by atoms with Gasteiger partial charge in [0.05, 0.1) is 0 Å². The van der Waals surface area contributed by atoms with E-state index in [9.17, 15) is 9.18 Å². The van der Waals surface area contributed by atoms with Crippen molar-refractivity contribution >= 4 is 38.5 Å². The van der Waals surface area contributed by atoms with E-state index in [4.69, 9.17) is 4.74 Å². The van der Waals surface area contributed by atoms with Gasteiger partial charge in [0.25, 0.3) is 0 Å². The number of carbonyl (C=O) groups is 1. The first kappa shape index (κ1) is 12.3. The summed E-state index contributed by atoms with van der Waals surface area (Å²) >= 11 is 4.53. The predicted octanol–water partition coefficient (Wildman–Crippen LogP) is 3.90. The minimum absolute atomic E-state index is 0.0250. The maximum atomic E-state index is 13.7. The maximum Gasteiger partial charge on any atom is 0.250 e. The number of nitrogens with zero attached hydrogens (tertiary/aromatic N) is 2. The van der Waals surface area contributed by atoms with Gasteiger partial charge in [-0.15, -0.1) is 11.3 Å². The Balaban J connectivity index is 2.05. The second-order valence-electron chi connectivity index (χ2n) is 3.65. The Bertz CT molecular complexity index is 768. The highest BCUT2D eigenvalue weighted by Gasteiger charge is 2.16. The molecule has 19 heavy (non-hydrogen) atoms. The number of carbonyl (C=O) groups excluding carboxylic acids is 1. The Kier molecular flexibility index (Phi) is 3.08. The first-order valence-electron chi connectivity index (χ1n) is 5.22. The van der Waals surface area contributed by atoms with E-state index >= 15 is 0 Å². The van der Waals surface area contributed by atoms with Crippen LogP contribution in [0.25, 0.3) is 4.96 Å². The number of ether oxygens (including phenoxy) is 1. The summed E-state index contributed by atoms with van der Waals surface area (Å²) in [6, 6.07) is 4.41. The molecule has 3 aromatic rings. The lowest BCUT2D eigenvalue weighted by atomic mass is 10.3. The fraction of sp³-hybridized carbons (Fsp3) is 0. The Morgan fingerprint density at radius 3 is 3.05 bits per heavy atom. The fourth-order valence-electron chi connectivity index (χ4n) is 1.63. The number of hydrogen-bond acceptors (Lipinski definition) is 4. The van der Waals surface area contributed by atoms with E-state index in [1.54, 1.807) is 22.0 Å². The Morgan fingerprint density at radius 1 is 1.47 bits per heavy atom. The second kappa shape index (κ2) is 4.75. The van der Waals surface area contributed by atoms with Gasteiger partial charge in [0.15, 0.2) is 28.5 Å². The molecule has 0 fully saturated rings. The number of fused-ring (bicyclic) bond motifs is 1. The molecule has 2 aromatic heterocycles. The van der Waals surface area contributed by atoms with Crippen molar-refractivity contribution in [2.24, 2.45) is 0 Å². The minimum atomic E-state index is -0.525. The van der Waals surface area contributed by atoms with Gasteiger partial charge in [-0.1, -0.05) is 15.9 Å². The summed E-state index contributed by atoms with van der Waals surface area (Å²) in [7, 11) is 0.